The molecule has 2 N–H and O–H groups in total. The van der Waals surface area contributed by atoms with Crippen LogP contribution in [0, 0.1) is 0 Å². The molecular formula is C9H16N2O. The third-order valence-electron chi connectivity index (χ3n) is 2.06. The Morgan fingerprint density at radius 1 is 1.75 bits per heavy atom. The van der Waals surface area contributed by atoms with Crippen LogP contribution in [0.2, 0.25) is 0 Å². The van der Waals surface area contributed by atoms with Crippen LogP contribution in [-0.2, 0) is 4.79 Å². The van der Waals surface area contributed by atoms with Crippen LogP contribution in [-0.4, -0.2) is 26.0 Å². The van der Waals surface area contributed by atoms with Crippen molar-refractivity contribution in [2.45, 2.75) is 19.3 Å². The van der Waals surface area contributed by atoms with Crippen LogP contribution in [0.15, 0.2) is 11.6 Å². The van der Waals surface area contributed by atoms with Gasteiger partial charge < -0.3 is 10.6 Å². The molecule has 68 valence electrons. The molecule has 3 heteroatoms. The molecule has 1 aliphatic rings. The molecule has 0 fully saturated rings. The maximum atomic E-state index is 10.9. The minimum atomic E-state index is 0.126. The molecule has 0 aromatic heterocycles. The van der Waals surface area contributed by atoms with Gasteiger partial charge in [-0.15, -0.1) is 0 Å². The molecule has 1 aliphatic heterocycles. The molecule has 0 radical (unpaired) electrons. The van der Waals surface area contributed by atoms with Gasteiger partial charge in [-0.1, -0.05) is 11.6 Å². The zero-order chi connectivity index (χ0) is 8.81. The summed E-state index contributed by atoms with van der Waals surface area (Å²) in [6.45, 7) is 2.03. The van der Waals surface area contributed by atoms with Crippen LogP contribution < -0.4 is 10.6 Å². The summed E-state index contributed by atoms with van der Waals surface area (Å²) < 4.78 is 0. The van der Waals surface area contributed by atoms with Gasteiger partial charge in [0.05, 0.1) is 0 Å². The number of nitrogens with one attached hydrogen (secondary N) is 2. The fourth-order valence-corrected chi connectivity index (χ4v) is 1.29. The molecule has 1 amide bonds. The molecule has 0 unspecified atom stereocenters. The highest BCUT2D eigenvalue weighted by Crippen LogP contribution is 2.07. The lowest BCUT2D eigenvalue weighted by Gasteiger charge is -2.13. The molecular weight excluding hydrogens is 152 g/mol. The molecule has 0 aromatic rings. The second-order valence-corrected chi connectivity index (χ2v) is 3.00. The highest BCUT2D eigenvalue weighted by Gasteiger charge is 2.04. The van der Waals surface area contributed by atoms with E-state index in [0.29, 0.717) is 6.42 Å². The molecule has 0 bridgehead atoms. The standard InChI is InChI=1S/C9H16N2O/c1-10-9(12)5-4-8-3-2-6-11-7-8/h3,11H,2,4-7H2,1H3,(H,10,12). The summed E-state index contributed by atoms with van der Waals surface area (Å²) >= 11 is 0. The Kier molecular flexibility index (Phi) is 3.80. The molecule has 12 heavy (non-hydrogen) atoms. The van der Waals surface area contributed by atoms with Crippen LogP contribution in [0.1, 0.15) is 19.3 Å². The van der Waals surface area contributed by atoms with Crippen molar-refractivity contribution >= 4 is 5.91 Å². The summed E-state index contributed by atoms with van der Waals surface area (Å²) in [5.41, 5.74) is 1.37. The maximum Gasteiger partial charge on any atom is 0.220 e. The Morgan fingerprint density at radius 3 is 3.17 bits per heavy atom. The molecule has 1 rings (SSSR count). The first-order valence-corrected chi connectivity index (χ1v) is 4.42. The van der Waals surface area contributed by atoms with Crippen molar-refractivity contribution in [3.05, 3.63) is 11.6 Å². The Labute approximate surface area is 73.2 Å². The molecule has 3 nitrogen and oxygen atoms in total. The highest BCUT2D eigenvalue weighted by molar-refractivity contribution is 5.75. The van der Waals surface area contributed by atoms with Crippen LogP contribution in [0.4, 0.5) is 0 Å². The van der Waals surface area contributed by atoms with Gasteiger partial charge in [0.25, 0.3) is 0 Å². The van der Waals surface area contributed by atoms with Crippen LogP contribution >= 0.6 is 0 Å². The fraction of sp³-hybridized carbons (Fsp3) is 0.667. The third kappa shape index (κ3) is 3.05. The Balaban J connectivity index is 2.21. The highest BCUT2D eigenvalue weighted by atomic mass is 16.1. The smallest absolute Gasteiger partial charge is 0.220 e. The molecule has 0 saturated heterocycles. The summed E-state index contributed by atoms with van der Waals surface area (Å²) in [6.07, 6.45) is 4.85. The van der Waals surface area contributed by atoms with E-state index in [4.69, 9.17) is 0 Å². The second-order valence-electron chi connectivity index (χ2n) is 3.00. The summed E-state index contributed by atoms with van der Waals surface area (Å²) in [5.74, 6) is 0.126. The zero-order valence-electron chi connectivity index (χ0n) is 7.52. The Morgan fingerprint density at radius 2 is 2.58 bits per heavy atom. The normalized spacial score (nSPS) is 16.9. The van der Waals surface area contributed by atoms with E-state index >= 15 is 0 Å². The van der Waals surface area contributed by atoms with E-state index in [0.717, 1.165) is 25.9 Å². The third-order valence-corrected chi connectivity index (χ3v) is 2.06. The van der Waals surface area contributed by atoms with E-state index in [-0.39, 0.29) is 5.91 Å². The minimum absolute atomic E-state index is 0.126. The number of carbonyl (C=O) groups is 1. The van der Waals surface area contributed by atoms with Gasteiger partial charge in [-0.2, -0.15) is 0 Å². The number of amides is 1. The van der Waals surface area contributed by atoms with Crippen molar-refractivity contribution in [2.24, 2.45) is 0 Å². The largest absolute Gasteiger partial charge is 0.359 e. The van der Waals surface area contributed by atoms with Crippen molar-refractivity contribution < 1.29 is 4.79 Å². The quantitative estimate of drug-likeness (QED) is 0.600. The minimum Gasteiger partial charge on any atom is -0.359 e. The van der Waals surface area contributed by atoms with Crippen LogP contribution in [0.25, 0.3) is 0 Å². The molecule has 0 aromatic carbocycles. The van der Waals surface area contributed by atoms with Gasteiger partial charge in [-0.05, 0) is 19.4 Å². The van der Waals surface area contributed by atoms with E-state index in [1.54, 1.807) is 7.05 Å². The lowest BCUT2D eigenvalue weighted by atomic mass is 10.1. The topological polar surface area (TPSA) is 41.1 Å². The van der Waals surface area contributed by atoms with Crippen molar-refractivity contribution in [1.29, 1.82) is 0 Å². The average molecular weight is 168 g/mol. The zero-order valence-corrected chi connectivity index (χ0v) is 7.52. The SMILES string of the molecule is CNC(=O)CCC1=CCCNC1. The first kappa shape index (κ1) is 9.26. The predicted octanol–water partition coefficient (Wildman–Crippen LogP) is 0.432. The van der Waals surface area contributed by atoms with Gasteiger partial charge in [0.2, 0.25) is 5.91 Å². The predicted molar refractivity (Wildman–Crippen MR) is 48.9 cm³/mol. The van der Waals surface area contributed by atoms with Crippen LogP contribution in [0.3, 0.4) is 0 Å². The van der Waals surface area contributed by atoms with Crippen molar-refractivity contribution in [3.63, 3.8) is 0 Å². The van der Waals surface area contributed by atoms with Gasteiger partial charge in [-0.3, -0.25) is 4.79 Å². The first-order chi connectivity index (χ1) is 5.83. The van der Waals surface area contributed by atoms with Crippen molar-refractivity contribution in [1.82, 2.24) is 10.6 Å². The Hall–Kier alpha value is -0.830. The summed E-state index contributed by atoms with van der Waals surface area (Å²) in [4.78, 5) is 10.9. The van der Waals surface area contributed by atoms with Gasteiger partial charge in [0.1, 0.15) is 0 Å². The molecule has 0 saturated carbocycles. The van der Waals surface area contributed by atoms with Gasteiger partial charge in [0.15, 0.2) is 0 Å². The lowest BCUT2D eigenvalue weighted by Crippen LogP contribution is -2.23. The monoisotopic (exact) mass is 168 g/mol. The summed E-state index contributed by atoms with van der Waals surface area (Å²) in [7, 11) is 1.68. The number of hydrogen-bond donors (Lipinski definition) is 2. The Bertz CT molecular complexity index is 187. The number of carbonyl (C=O) groups excluding carboxylic acids is 1. The van der Waals surface area contributed by atoms with Crippen LogP contribution in [0.5, 0.6) is 0 Å². The number of hydrogen-bond acceptors (Lipinski definition) is 2. The van der Waals surface area contributed by atoms with Gasteiger partial charge in [0, 0.05) is 20.0 Å². The van der Waals surface area contributed by atoms with E-state index < -0.39 is 0 Å². The van der Waals surface area contributed by atoms with E-state index in [1.807, 2.05) is 0 Å². The summed E-state index contributed by atoms with van der Waals surface area (Å²) in [5, 5.41) is 5.89. The lowest BCUT2D eigenvalue weighted by molar-refractivity contribution is -0.120. The average Bonchev–Trinajstić information content (AvgIpc) is 2.16. The first-order valence-electron chi connectivity index (χ1n) is 4.42. The fourth-order valence-electron chi connectivity index (χ4n) is 1.29. The second kappa shape index (κ2) is 4.93. The van der Waals surface area contributed by atoms with Crippen molar-refractivity contribution in [2.75, 3.05) is 20.1 Å². The molecule has 0 spiro atoms. The molecule has 0 atom stereocenters. The number of rotatable bonds is 3. The van der Waals surface area contributed by atoms with E-state index in [1.165, 1.54) is 5.57 Å². The van der Waals surface area contributed by atoms with Gasteiger partial charge >= 0.3 is 0 Å². The maximum absolute atomic E-state index is 10.9. The van der Waals surface area contributed by atoms with E-state index in [9.17, 15) is 4.79 Å². The van der Waals surface area contributed by atoms with Crippen molar-refractivity contribution in [3.8, 4) is 0 Å². The van der Waals surface area contributed by atoms with Gasteiger partial charge in [-0.25, -0.2) is 0 Å². The van der Waals surface area contributed by atoms with E-state index in [2.05, 4.69) is 16.7 Å². The molecule has 1 heterocycles. The summed E-state index contributed by atoms with van der Waals surface area (Å²) in [6, 6.07) is 0. The molecule has 0 aliphatic carbocycles.